The normalized spacial score (nSPS) is 14.3. The van der Waals surface area contributed by atoms with Gasteiger partial charge in [-0.3, -0.25) is 4.98 Å². The van der Waals surface area contributed by atoms with Crippen molar-refractivity contribution in [3.63, 3.8) is 0 Å². The van der Waals surface area contributed by atoms with Crippen molar-refractivity contribution in [3.05, 3.63) is 89.6 Å². The van der Waals surface area contributed by atoms with Gasteiger partial charge in [0.05, 0.1) is 20.1 Å². The second-order valence-corrected chi connectivity index (χ2v) is 9.49. The van der Waals surface area contributed by atoms with Gasteiger partial charge in [-0.15, -0.1) is 0 Å². The van der Waals surface area contributed by atoms with Crippen LogP contribution in [0.15, 0.2) is 77.3 Å². The summed E-state index contributed by atoms with van der Waals surface area (Å²) in [5.74, 6) is 0. The summed E-state index contributed by atoms with van der Waals surface area (Å²) in [7, 11) is 0. The highest BCUT2D eigenvalue weighted by molar-refractivity contribution is 6.09. The van der Waals surface area contributed by atoms with Crippen molar-refractivity contribution >= 4 is 21.9 Å². The van der Waals surface area contributed by atoms with Crippen LogP contribution < -0.4 is 0 Å². The van der Waals surface area contributed by atoms with Crippen molar-refractivity contribution in [2.75, 3.05) is 0 Å². The van der Waals surface area contributed by atoms with E-state index in [-0.39, 0.29) is 34.2 Å². The molecular formula is C30H26N2O. The molecule has 0 saturated heterocycles. The summed E-state index contributed by atoms with van der Waals surface area (Å²) in [6.45, 7) is 3.80. The Labute approximate surface area is 201 Å². The Morgan fingerprint density at radius 2 is 1.85 bits per heavy atom. The van der Waals surface area contributed by atoms with Crippen LogP contribution in [0.1, 0.15) is 44.3 Å². The third-order valence-corrected chi connectivity index (χ3v) is 5.62. The first kappa shape index (κ1) is 15.8. The standard InChI is InChI=1S/C30H26N2O/c1-19-18-32-27(15-26(19)22-11-8-20(9-12-22)16-30(2,3)4)25-7-5-6-24-23-13-10-21(17-31)14-28(23)33-29(24)25/h5-15,18H,16H2,1-4H3/i1D3,11D,12D. The van der Waals surface area contributed by atoms with Gasteiger partial charge in [-0.2, -0.15) is 5.26 Å². The molecule has 0 unspecified atom stereocenters. The predicted molar refractivity (Wildman–Crippen MR) is 135 cm³/mol. The zero-order valence-electron chi connectivity index (χ0n) is 23.8. The monoisotopic (exact) mass is 435 g/mol. The molecule has 0 radical (unpaired) electrons. The number of hydrogen-bond donors (Lipinski definition) is 0. The zero-order valence-corrected chi connectivity index (χ0v) is 18.8. The van der Waals surface area contributed by atoms with Gasteiger partial charge >= 0.3 is 0 Å². The van der Waals surface area contributed by atoms with Gasteiger partial charge in [0.2, 0.25) is 0 Å². The summed E-state index contributed by atoms with van der Waals surface area (Å²) in [4.78, 5) is 4.49. The average Bonchev–Trinajstić information content (AvgIpc) is 3.19. The molecule has 0 saturated carbocycles. The van der Waals surface area contributed by atoms with Crippen molar-refractivity contribution in [1.82, 2.24) is 4.98 Å². The number of rotatable bonds is 3. The molecule has 162 valence electrons. The number of hydrogen-bond acceptors (Lipinski definition) is 3. The molecule has 0 atom stereocenters. The van der Waals surface area contributed by atoms with Crippen LogP contribution in [0, 0.1) is 23.6 Å². The molecule has 0 amide bonds. The number of pyridine rings is 1. The van der Waals surface area contributed by atoms with Crippen LogP contribution in [0.2, 0.25) is 0 Å². The Balaban J connectivity index is 1.73. The van der Waals surface area contributed by atoms with Gasteiger partial charge in [-0.05, 0) is 71.3 Å². The maximum absolute atomic E-state index is 9.27. The molecule has 0 bridgehead atoms. The third-order valence-electron chi connectivity index (χ3n) is 5.62. The number of nitrogens with zero attached hydrogens (tertiary/aromatic N) is 2. The fourth-order valence-electron chi connectivity index (χ4n) is 4.16. The van der Waals surface area contributed by atoms with Gasteiger partial charge in [-0.25, -0.2) is 0 Å². The Morgan fingerprint density at radius 1 is 1.03 bits per heavy atom. The Morgan fingerprint density at radius 3 is 2.58 bits per heavy atom. The average molecular weight is 436 g/mol. The molecule has 5 aromatic rings. The number of aryl methyl sites for hydroxylation is 1. The lowest BCUT2D eigenvalue weighted by Crippen LogP contribution is -2.08. The molecule has 0 aliphatic carbocycles. The number of para-hydroxylation sites is 1. The maximum atomic E-state index is 9.27. The van der Waals surface area contributed by atoms with Crippen LogP contribution in [0.3, 0.4) is 0 Å². The summed E-state index contributed by atoms with van der Waals surface area (Å²) in [5, 5.41) is 11.0. The van der Waals surface area contributed by atoms with Crippen LogP contribution in [-0.2, 0) is 6.42 Å². The van der Waals surface area contributed by atoms with E-state index in [4.69, 9.17) is 11.3 Å². The van der Waals surface area contributed by atoms with Crippen molar-refractivity contribution in [2.45, 2.75) is 34.0 Å². The van der Waals surface area contributed by atoms with E-state index in [2.05, 4.69) is 31.8 Å². The van der Waals surface area contributed by atoms with E-state index < -0.39 is 6.85 Å². The van der Waals surface area contributed by atoms with Crippen LogP contribution >= 0.6 is 0 Å². The van der Waals surface area contributed by atoms with Gasteiger partial charge in [0.1, 0.15) is 11.2 Å². The van der Waals surface area contributed by atoms with Gasteiger partial charge in [-0.1, -0.05) is 57.1 Å². The molecular weight excluding hydrogens is 404 g/mol. The molecule has 33 heavy (non-hydrogen) atoms. The predicted octanol–water partition coefficient (Wildman–Crippen LogP) is 8.08. The largest absolute Gasteiger partial charge is 0.455 e. The second kappa shape index (κ2) is 7.90. The molecule has 3 aromatic carbocycles. The Kier molecular flexibility index (Phi) is 3.79. The second-order valence-electron chi connectivity index (χ2n) is 9.49. The smallest absolute Gasteiger partial charge is 0.144 e. The van der Waals surface area contributed by atoms with Crippen molar-refractivity contribution < 1.29 is 11.3 Å². The fraction of sp³-hybridized carbons (Fsp3) is 0.200. The van der Waals surface area contributed by atoms with E-state index in [1.54, 1.807) is 30.3 Å². The lowest BCUT2D eigenvalue weighted by atomic mass is 9.87. The Hall–Kier alpha value is -3.90. The van der Waals surface area contributed by atoms with Gasteiger partial charge < -0.3 is 4.42 Å². The molecule has 5 rings (SSSR count). The minimum absolute atomic E-state index is 0.0118. The minimum atomic E-state index is -2.48. The Bertz CT molecular complexity index is 1730. The first-order chi connectivity index (χ1) is 17.9. The number of benzene rings is 3. The molecule has 3 nitrogen and oxygen atoms in total. The molecule has 3 heteroatoms. The first-order valence-corrected chi connectivity index (χ1v) is 10.8. The molecule has 2 aromatic heterocycles. The van der Waals surface area contributed by atoms with Crippen LogP contribution in [0.5, 0.6) is 0 Å². The van der Waals surface area contributed by atoms with E-state index in [1.807, 2.05) is 24.3 Å². The lowest BCUT2D eigenvalue weighted by molar-refractivity contribution is 0.411. The van der Waals surface area contributed by atoms with Crippen LogP contribution in [0.25, 0.3) is 44.3 Å². The maximum Gasteiger partial charge on any atom is 0.144 e. The molecule has 0 aliphatic heterocycles. The number of nitriles is 1. The summed E-state index contributed by atoms with van der Waals surface area (Å²) >= 11 is 0. The number of aromatic nitrogens is 1. The molecule has 0 spiro atoms. The van der Waals surface area contributed by atoms with Crippen molar-refractivity contribution in [2.24, 2.45) is 5.41 Å². The molecule has 0 aliphatic rings. The lowest BCUT2D eigenvalue weighted by Gasteiger charge is -2.18. The SMILES string of the molecule is [2H]c1cc(CC(C)(C)C)cc([2H])c1-c1cc(-c2cccc3c2oc2cc(C#N)ccc23)ncc1C([2H])([2H])[2H]. The van der Waals surface area contributed by atoms with E-state index in [9.17, 15) is 5.26 Å². The van der Waals surface area contributed by atoms with Crippen molar-refractivity contribution in [3.8, 4) is 28.5 Å². The quantitative estimate of drug-likeness (QED) is 0.288. The zero-order chi connectivity index (χ0) is 27.4. The molecule has 0 fully saturated rings. The summed E-state index contributed by atoms with van der Waals surface area (Å²) in [6, 6.07) is 18.3. The summed E-state index contributed by atoms with van der Waals surface area (Å²) in [5.41, 5.74) is 4.12. The highest BCUT2D eigenvalue weighted by Crippen LogP contribution is 2.37. The third kappa shape index (κ3) is 4.01. The fourth-order valence-corrected chi connectivity index (χ4v) is 4.16. The first-order valence-electron chi connectivity index (χ1n) is 13.3. The highest BCUT2D eigenvalue weighted by atomic mass is 16.3. The summed E-state index contributed by atoms with van der Waals surface area (Å²) in [6.07, 6.45) is 2.01. The minimum Gasteiger partial charge on any atom is -0.455 e. The van der Waals surface area contributed by atoms with E-state index in [0.717, 1.165) is 16.3 Å². The van der Waals surface area contributed by atoms with Gasteiger partial charge in [0, 0.05) is 26.6 Å². The van der Waals surface area contributed by atoms with Gasteiger partial charge in [0.15, 0.2) is 0 Å². The van der Waals surface area contributed by atoms with E-state index in [1.165, 1.54) is 6.20 Å². The van der Waals surface area contributed by atoms with Crippen LogP contribution in [-0.4, -0.2) is 4.98 Å². The van der Waals surface area contributed by atoms with Crippen LogP contribution in [0.4, 0.5) is 0 Å². The molecule has 0 N–H and O–H groups in total. The number of fused-ring (bicyclic) bond motifs is 3. The van der Waals surface area contributed by atoms with E-state index >= 15 is 0 Å². The van der Waals surface area contributed by atoms with E-state index in [0.29, 0.717) is 34.4 Å². The van der Waals surface area contributed by atoms with Crippen molar-refractivity contribution in [1.29, 1.82) is 5.26 Å². The highest BCUT2D eigenvalue weighted by Gasteiger charge is 2.15. The topological polar surface area (TPSA) is 49.8 Å². The molecule has 2 heterocycles. The van der Waals surface area contributed by atoms with Gasteiger partial charge in [0.25, 0.3) is 0 Å². The summed E-state index contributed by atoms with van der Waals surface area (Å²) < 4.78 is 48.0. The number of furan rings is 1.